The van der Waals surface area contributed by atoms with E-state index >= 15 is 0 Å². The molecule has 1 aliphatic rings. The average molecular weight is 429 g/mol. The normalized spacial score (nSPS) is 14.0. The summed E-state index contributed by atoms with van der Waals surface area (Å²) >= 11 is 0. The standard InChI is InChI=1S/C25H32O6/c1-6-7-19(26)18-8-9-20-22(24(18)28-5)25(27)30-14-17-12-16(4)13-21(23(17)31-20)29-11-10-15(2)3/h8-9,12-13,15,19,26H,6-7,10-11,14H2,1-5H3. The van der Waals surface area contributed by atoms with Crippen molar-refractivity contribution in [2.45, 2.75) is 59.7 Å². The largest absolute Gasteiger partial charge is 0.495 e. The molecule has 1 unspecified atom stereocenters. The van der Waals surface area contributed by atoms with E-state index in [1.807, 2.05) is 26.0 Å². The molecule has 1 heterocycles. The first-order valence-electron chi connectivity index (χ1n) is 10.9. The van der Waals surface area contributed by atoms with E-state index in [1.54, 1.807) is 12.1 Å². The molecule has 2 aromatic rings. The average Bonchev–Trinajstić information content (AvgIpc) is 2.72. The van der Waals surface area contributed by atoms with Gasteiger partial charge in [-0.3, -0.25) is 0 Å². The van der Waals surface area contributed by atoms with E-state index in [2.05, 4.69) is 13.8 Å². The zero-order chi connectivity index (χ0) is 22.5. The van der Waals surface area contributed by atoms with Crippen LogP contribution in [0.1, 0.15) is 73.2 Å². The van der Waals surface area contributed by atoms with Gasteiger partial charge in [-0.1, -0.05) is 27.2 Å². The van der Waals surface area contributed by atoms with Gasteiger partial charge < -0.3 is 24.1 Å². The first kappa shape index (κ1) is 22.9. The maximum Gasteiger partial charge on any atom is 0.346 e. The van der Waals surface area contributed by atoms with Gasteiger partial charge in [0.05, 0.1) is 19.8 Å². The number of carbonyl (C=O) groups is 1. The molecule has 0 saturated carbocycles. The van der Waals surface area contributed by atoms with E-state index in [9.17, 15) is 9.90 Å². The van der Waals surface area contributed by atoms with E-state index in [0.29, 0.717) is 41.8 Å². The van der Waals surface area contributed by atoms with Crippen molar-refractivity contribution in [1.29, 1.82) is 0 Å². The quantitative estimate of drug-likeness (QED) is 0.542. The van der Waals surface area contributed by atoms with Crippen molar-refractivity contribution in [2.24, 2.45) is 5.92 Å². The number of aliphatic hydroxyl groups excluding tert-OH is 1. The molecule has 6 heteroatoms. The van der Waals surface area contributed by atoms with Crippen LogP contribution in [0.3, 0.4) is 0 Å². The summed E-state index contributed by atoms with van der Waals surface area (Å²) in [4.78, 5) is 12.9. The molecule has 168 valence electrons. The minimum atomic E-state index is -0.742. The minimum absolute atomic E-state index is 0.0563. The van der Waals surface area contributed by atoms with Gasteiger partial charge >= 0.3 is 5.97 Å². The number of aryl methyl sites for hydroxylation is 1. The van der Waals surface area contributed by atoms with Crippen LogP contribution in [-0.4, -0.2) is 24.8 Å². The zero-order valence-electron chi connectivity index (χ0n) is 19.0. The molecule has 1 aliphatic heterocycles. The van der Waals surface area contributed by atoms with Gasteiger partial charge in [-0.2, -0.15) is 0 Å². The monoisotopic (exact) mass is 428 g/mol. The lowest BCUT2D eigenvalue weighted by atomic mass is 9.99. The first-order chi connectivity index (χ1) is 14.8. The van der Waals surface area contributed by atoms with Crippen molar-refractivity contribution in [3.05, 3.63) is 46.5 Å². The number of hydrogen-bond acceptors (Lipinski definition) is 6. The van der Waals surface area contributed by atoms with Crippen LogP contribution in [0, 0.1) is 12.8 Å². The Balaban J connectivity index is 2.06. The molecule has 31 heavy (non-hydrogen) atoms. The molecule has 0 radical (unpaired) electrons. The number of carbonyl (C=O) groups excluding carboxylic acids is 1. The van der Waals surface area contributed by atoms with Gasteiger partial charge in [0.2, 0.25) is 0 Å². The lowest BCUT2D eigenvalue weighted by Gasteiger charge is -2.24. The Labute approximate surface area is 184 Å². The van der Waals surface area contributed by atoms with Crippen LogP contribution >= 0.6 is 0 Å². The minimum Gasteiger partial charge on any atom is -0.495 e. The van der Waals surface area contributed by atoms with Crippen molar-refractivity contribution >= 4 is 5.97 Å². The van der Waals surface area contributed by atoms with Gasteiger partial charge in [0.1, 0.15) is 23.7 Å². The van der Waals surface area contributed by atoms with Crippen LogP contribution in [0.5, 0.6) is 23.0 Å². The molecule has 0 amide bonds. The maximum absolute atomic E-state index is 12.9. The third-order valence-electron chi connectivity index (χ3n) is 5.28. The summed E-state index contributed by atoms with van der Waals surface area (Å²) in [5.74, 6) is 1.72. The van der Waals surface area contributed by atoms with Crippen LogP contribution in [0.2, 0.25) is 0 Å². The van der Waals surface area contributed by atoms with Gasteiger partial charge in [0.15, 0.2) is 11.5 Å². The van der Waals surface area contributed by atoms with Crippen molar-refractivity contribution in [3.8, 4) is 23.0 Å². The molecule has 1 N–H and O–H groups in total. The smallest absolute Gasteiger partial charge is 0.346 e. The summed E-state index contributed by atoms with van der Waals surface area (Å²) in [5, 5.41) is 10.5. The van der Waals surface area contributed by atoms with Crippen molar-refractivity contribution < 1.29 is 28.8 Å². The van der Waals surface area contributed by atoms with Gasteiger partial charge in [0, 0.05) is 11.1 Å². The first-order valence-corrected chi connectivity index (χ1v) is 10.9. The number of benzene rings is 2. The van der Waals surface area contributed by atoms with Crippen LogP contribution in [0.15, 0.2) is 24.3 Å². The lowest BCUT2D eigenvalue weighted by molar-refractivity contribution is 0.0453. The highest BCUT2D eigenvalue weighted by molar-refractivity contribution is 5.96. The zero-order valence-corrected chi connectivity index (χ0v) is 19.0. The predicted molar refractivity (Wildman–Crippen MR) is 118 cm³/mol. The molecular weight excluding hydrogens is 396 g/mol. The van der Waals surface area contributed by atoms with Crippen LogP contribution < -0.4 is 14.2 Å². The number of ether oxygens (including phenoxy) is 4. The molecular formula is C25H32O6. The van der Waals surface area contributed by atoms with Gasteiger partial charge in [0.25, 0.3) is 0 Å². The van der Waals surface area contributed by atoms with E-state index in [4.69, 9.17) is 18.9 Å². The van der Waals surface area contributed by atoms with Gasteiger partial charge in [-0.05, 0) is 55.5 Å². The van der Waals surface area contributed by atoms with E-state index in [-0.39, 0.29) is 17.9 Å². The number of rotatable bonds is 8. The van der Waals surface area contributed by atoms with E-state index in [1.165, 1.54) is 7.11 Å². The molecule has 0 spiro atoms. The Kier molecular flexibility index (Phi) is 7.44. The number of esters is 1. The highest BCUT2D eigenvalue weighted by Crippen LogP contribution is 2.44. The summed E-state index contributed by atoms with van der Waals surface area (Å²) in [6.45, 7) is 8.87. The highest BCUT2D eigenvalue weighted by Gasteiger charge is 2.29. The molecule has 0 aromatic heterocycles. The fraction of sp³-hybridized carbons (Fsp3) is 0.480. The molecule has 0 saturated heterocycles. The van der Waals surface area contributed by atoms with Gasteiger partial charge in [-0.25, -0.2) is 4.79 Å². The topological polar surface area (TPSA) is 74.2 Å². The summed E-state index contributed by atoms with van der Waals surface area (Å²) in [6.07, 6.45) is 1.53. The van der Waals surface area contributed by atoms with Crippen LogP contribution in [0.4, 0.5) is 0 Å². The maximum atomic E-state index is 12.9. The fourth-order valence-electron chi connectivity index (χ4n) is 3.64. The molecule has 0 bridgehead atoms. The van der Waals surface area contributed by atoms with E-state index in [0.717, 1.165) is 24.0 Å². The Hall–Kier alpha value is -2.73. The van der Waals surface area contributed by atoms with Crippen molar-refractivity contribution in [3.63, 3.8) is 0 Å². The fourth-order valence-corrected chi connectivity index (χ4v) is 3.64. The van der Waals surface area contributed by atoms with Gasteiger partial charge in [-0.15, -0.1) is 0 Å². The second-order valence-electron chi connectivity index (χ2n) is 8.33. The van der Waals surface area contributed by atoms with Crippen molar-refractivity contribution in [2.75, 3.05) is 13.7 Å². The molecule has 1 atom stereocenters. The molecule has 3 rings (SSSR count). The second kappa shape index (κ2) is 10.1. The Bertz CT molecular complexity index is 934. The lowest BCUT2D eigenvalue weighted by Crippen LogP contribution is -2.15. The Morgan fingerprint density at radius 3 is 2.65 bits per heavy atom. The number of aliphatic hydroxyl groups is 1. The third kappa shape index (κ3) is 5.13. The summed E-state index contributed by atoms with van der Waals surface area (Å²) < 4.78 is 23.4. The Morgan fingerprint density at radius 2 is 1.97 bits per heavy atom. The predicted octanol–water partition coefficient (Wildman–Crippen LogP) is 5.72. The third-order valence-corrected chi connectivity index (χ3v) is 5.28. The number of hydrogen-bond donors (Lipinski definition) is 1. The molecule has 0 fully saturated rings. The van der Waals surface area contributed by atoms with E-state index < -0.39 is 12.1 Å². The van der Waals surface area contributed by atoms with Crippen LogP contribution in [-0.2, 0) is 11.3 Å². The molecule has 0 aliphatic carbocycles. The number of methoxy groups -OCH3 is 1. The molecule has 2 aromatic carbocycles. The highest BCUT2D eigenvalue weighted by atomic mass is 16.6. The second-order valence-corrected chi connectivity index (χ2v) is 8.33. The number of fused-ring (bicyclic) bond motifs is 2. The summed E-state index contributed by atoms with van der Waals surface area (Å²) in [5.41, 5.74) is 2.46. The van der Waals surface area contributed by atoms with Crippen LogP contribution in [0.25, 0.3) is 0 Å². The summed E-state index contributed by atoms with van der Waals surface area (Å²) in [6, 6.07) is 7.28. The SMILES string of the molecule is CCCC(O)c1ccc2c(c1OC)C(=O)OCc1cc(C)cc(OCCC(C)C)c1O2. The summed E-state index contributed by atoms with van der Waals surface area (Å²) in [7, 11) is 1.47. The Morgan fingerprint density at radius 1 is 1.19 bits per heavy atom. The van der Waals surface area contributed by atoms with Crippen molar-refractivity contribution in [1.82, 2.24) is 0 Å². The molecule has 6 nitrogen and oxygen atoms in total. The number of cyclic esters (lactones) is 1.